The Balaban J connectivity index is 2.69. The first-order chi connectivity index (χ1) is 7.02. The lowest BCUT2D eigenvalue weighted by molar-refractivity contribution is 0.529. The van der Waals surface area contributed by atoms with Crippen molar-refractivity contribution in [3.05, 3.63) is 29.8 Å². The van der Waals surface area contributed by atoms with Gasteiger partial charge in [-0.05, 0) is 12.1 Å². The molecule has 0 bridgehead atoms. The number of fused-ring (bicyclic) bond motifs is 1. The first kappa shape index (κ1) is 9.66. The molecule has 2 aromatic rings. The molecule has 15 heavy (non-hydrogen) atoms. The van der Waals surface area contributed by atoms with Crippen molar-refractivity contribution in [2.75, 3.05) is 0 Å². The zero-order valence-electron chi connectivity index (χ0n) is 9.02. The summed E-state index contributed by atoms with van der Waals surface area (Å²) >= 11 is 0. The summed E-state index contributed by atoms with van der Waals surface area (Å²) in [7, 11) is 0. The van der Waals surface area contributed by atoms with E-state index in [1.165, 1.54) is 0 Å². The molecular weight excluding hydrogens is 188 g/mol. The van der Waals surface area contributed by atoms with E-state index in [1.54, 1.807) is 16.8 Å². The molecule has 0 radical (unpaired) electrons. The van der Waals surface area contributed by atoms with Gasteiger partial charge in [0.05, 0.1) is 11.7 Å². The van der Waals surface area contributed by atoms with Gasteiger partial charge in [-0.25, -0.2) is 9.50 Å². The van der Waals surface area contributed by atoms with Gasteiger partial charge in [0.25, 0.3) is 0 Å². The van der Waals surface area contributed by atoms with Gasteiger partial charge in [-0.3, -0.25) is 0 Å². The molecule has 76 valence electrons. The number of rotatable bonds is 0. The third-order valence-electron chi connectivity index (χ3n) is 2.18. The smallest absolute Gasteiger partial charge is 0.154 e. The molecule has 2 heterocycles. The third kappa shape index (κ3) is 1.57. The molecule has 0 amide bonds. The van der Waals surface area contributed by atoms with Crippen LogP contribution in [0.15, 0.2) is 18.3 Å². The van der Waals surface area contributed by atoms with Crippen molar-refractivity contribution in [2.45, 2.75) is 26.2 Å². The summed E-state index contributed by atoms with van der Waals surface area (Å²) < 4.78 is 1.63. The van der Waals surface area contributed by atoms with Crippen LogP contribution in [0.3, 0.4) is 0 Å². The van der Waals surface area contributed by atoms with Crippen LogP contribution in [0.25, 0.3) is 5.52 Å². The molecule has 4 nitrogen and oxygen atoms in total. The highest BCUT2D eigenvalue weighted by Gasteiger charge is 2.18. The lowest BCUT2D eigenvalue weighted by Crippen LogP contribution is -2.18. The first-order valence-electron chi connectivity index (χ1n) is 4.78. The Morgan fingerprint density at radius 2 is 2.07 bits per heavy atom. The van der Waals surface area contributed by atoms with Crippen molar-refractivity contribution in [3.8, 4) is 6.07 Å². The standard InChI is InChI=1S/C11H12N4/c1-11(2,3)10-13-7-9-5-4-8(6-12)15(9)14-10/h4-5,7H,1-3H3. The van der Waals surface area contributed by atoms with E-state index in [2.05, 4.69) is 16.2 Å². The number of nitrogens with zero attached hydrogens (tertiary/aromatic N) is 4. The van der Waals surface area contributed by atoms with Crippen molar-refractivity contribution < 1.29 is 0 Å². The van der Waals surface area contributed by atoms with E-state index in [1.807, 2.05) is 26.8 Å². The quantitative estimate of drug-likeness (QED) is 0.652. The van der Waals surface area contributed by atoms with E-state index in [9.17, 15) is 0 Å². The van der Waals surface area contributed by atoms with Gasteiger partial charge < -0.3 is 0 Å². The average Bonchev–Trinajstić information content (AvgIpc) is 2.57. The van der Waals surface area contributed by atoms with E-state index in [0.29, 0.717) is 5.69 Å². The van der Waals surface area contributed by atoms with Crippen molar-refractivity contribution in [3.63, 3.8) is 0 Å². The maximum atomic E-state index is 8.89. The Bertz CT molecular complexity index is 540. The molecule has 0 aliphatic rings. The molecule has 0 aliphatic heterocycles. The van der Waals surface area contributed by atoms with Gasteiger partial charge in [-0.1, -0.05) is 20.8 Å². The molecule has 0 aromatic carbocycles. The Labute approximate surface area is 88.2 Å². The second-order valence-corrected chi connectivity index (χ2v) is 4.50. The second-order valence-electron chi connectivity index (χ2n) is 4.50. The minimum absolute atomic E-state index is 0.106. The molecule has 4 heteroatoms. The van der Waals surface area contributed by atoms with Crippen LogP contribution in [0.5, 0.6) is 0 Å². The molecule has 0 spiro atoms. The van der Waals surface area contributed by atoms with Crippen LogP contribution in [0.2, 0.25) is 0 Å². The van der Waals surface area contributed by atoms with Gasteiger partial charge in [0.2, 0.25) is 0 Å². The summed E-state index contributed by atoms with van der Waals surface area (Å²) in [6, 6.07) is 5.69. The largest absolute Gasteiger partial charge is 0.237 e. The molecule has 0 unspecified atom stereocenters. The first-order valence-corrected chi connectivity index (χ1v) is 4.78. The molecule has 2 rings (SSSR count). The summed E-state index contributed by atoms with van der Waals surface area (Å²) in [6.07, 6.45) is 1.74. The molecule has 0 saturated heterocycles. The second kappa shape index (κ2) is 3.06. The summed E-state index contributed by atoms with van der Waals surface area (Å²) in [6.45, 7) is 6.14. The van der Waals surface area contributed by atoms with Crippen molar-refractivity contribution >= 4 is 5.52 Å². The van der Waals surface area contributed by atoms with E-state index < -0.39 is 0 Å². The normalized spacial score (nSPS) is 11.6. The average molecular weight is 200 g/mol. The summed E-state index contributed by atoms with van der Waals surface area (Å²) in [5.41, 5.74) is 1.28. The number of hydrogen-bond donors (Lipinski definition) is 0. The van der Waals surface area contributed by atoms with Crippen LogP contribution in [0.1, 0.15) is 32.3 Å². The Kier molecular flexibility index (Phi) is 1.97. The molecule has 0 fully saturated rings. The number of nitriles is 1. The maximum absolute atomic E-state index is 8.89. The molecule has 0 N–H and O–H groups in total. The van der Waals surface area contributed by atoms with Crippen LogP contribution < -0.4 is 0 Å². The lowest BCUT2D eigenvalue weighted by Gasteiger charge is -2.15. The van der Waals surface area contributed by atoms with E-state index in [4.69, 9.17) is 5.26 Å². The zero-order chi connectivity index (χ0) is 11.1. The highest BCUT2D eigenvalue weighted by Crippen LogP contribution is 2.18. The Morgan fingerprint density at radius 1 is 1.33 bits per heavy atom. The molecule has 0 atom stereocenters. The van der Waals surface area contributed by atoms with Crippen molar-refractivity contribution in [2.24, 2.45) is 0 Å². The van der Waals surface area contributed by atoms with E-state index in [0.717, 1.165) is 11.3 Å². The summed E-state index contributed by atoms with van der Waals surface area (Å²) in [4.78, 5) is 4.28. The minimum Gasteiger partial charge on any atom is -0.237 e. The lowest BCUT2D eigenvalue weighted by atomic mass is 9.96. The van der Waals surface area contributed by atoms with Crippen molar-refractivity contribution in [1.29, 1.82) is 5.26 Å². The van der Waals surface area contributed by atoms with Crippen LogP contribution >= 0.6 is 0 Å². The molecular formula is C11H12N4. The minimum atomic E-state index is -0.106. The predicted octanol–water partition coefficient (Wildman–Crippen LogP) is 1.90. The van der Waals surface area contributed by atoms with Gasteiger partial charge in [0, 0.05) is 5.41 Å². The summed E-state index contributed by atoms with van der Waals surface area (Å²) in [5.74, 6) is 0.739. The fraction of sp³-hybridized carbons (Fsp3) is 0.364. The van der Waals surface area contributed by atoms with Gasteiger partial charge in [-0.2, -0.15) is 10.4 Å². The fourth-order valence-corrected chi connectivity index (χ4v) is 1.33. The van der Waals surface area contributed by atoms with Gasteiger partial charge in [0.1, 0.15) is 11.8 Å². The topological polar surface area (TPSA) is 54.0 Å². The van der Waals surface area contributed by atoms with Gasteiger partial charge in [0.15, 0.2) is 5.82 Å². The van der Waals surface area contributed by atoms with Crippen LogP contribution in [-0.2, 0) is 5.41 Å². The van der Waals surface area contributed by atoms with Crippen molar-refractivity contribution in [1.82, 2.24) is 14.6 Å². The van der Waals surface area contributed by atoms with E-state index >= 15 is 0 Å². The predicted molar refractivity (Wildman–Crippen MR) is 56.4 cm³/mol. The Morgan fingerprint density at radius 3 is 2.67 bits per heavy atom. The van der Waals surface area contributed by atoms with Crippen LogP contribution in [0, 0.1) is 11.3 Å². The highest BCUT2D eigenvalue weighted by atomic mass is 15.3. The Hall–Kier alpha value is -1.89. The highest BCUT2D eigenvalue weighted by molar-refractivity contribution is 5.49. The monoisotopic (exact) mass is 200 g/mol. The molecule has 0 aliphatic carbocycles. The van der Waals surface area contributed by atoms with E-state index in [-0.39, 0.29) is 5.41 Å². The van der Waals surface area contributed by atoms with Crippen LogP contribution in [0.4, 0.5) is 0 Å². The SMILES string of the molecule is CC(C)(C)c1ncc2ccc(C#N)n2n1. The maximum Gasteiger partial charge on any atom is 0.154 e. The van der Waals surface area contributed by atoms with Gasteiger partial charge in [-0.15, -0.1) is 0 Å². The summed E-state index contributed by atoms with van der Waals surface area (Å²) in [5, 5.41) is 13.2. The third-order valence-corrected chi connectivity index (χ3v) is 2.18. The number of hydrogen-bond acceptors (Lipinski definition) is 3. The van der Waals surface area contributed by atoms with Crippen LogP contribution in [-0.4, -0.2) is 14.6 Å². The fourth-order valence-electron chi connectivity index (χ4n) is 1.33. The van der Waals surface area contributed by atoms with Gasteiger partial charge >= 0.3 is 0 Å². The number of aromatic nitrogens is 3. The molecule has 0 saturated carbocycles. The zero-order valence-corrected chi connectivity index (χ0v) is 9.02. The molecule has 2 aromatic heterocycles.